The highest BCUT2D eigenvalue weighted by atomic mass is 16.1. The first-order valence-corrected chi connectivity index (χ1v) is 6.99. The molecule has 0 N–H and O–H groups in total. The molecule has 0 amide bonds. The van der Waals surface area contributed by atoms with Crippen molar-refractivity contribution in [2.24, 2.45) is 11.3 Å². The van der Waals surface area contributed by atoms with Crippen molar-refractivity contribution in [1.29, 1.82) is 0 Å². The van der Waals surface area contributed by atoms with Crippen molar-refractivity contribution >= 4 is 11.6 Å². The molecule has 0 bridgehead atoms. The molecular formula is C18H18O2. The van der Waals surface area contributed by atoms with Gasteiger partial charge in [0.25, 0.3) is 0 Å². The maximum Gasteiger partial charge on any atom is 0.190 e. The van der Waals surface area contributed by atoms with Crippen LogP contribution in [0.4, 0.5) is 0 Å². The van der Waals surface area contributed by atoms with Gasteiger partial charge in [-0.15, -0.1) is 0 Å². The van der Waals surface area contributed by atoms with Crippen LogP contribution in [0.2, 0.25) is 0 Å². The smallest absolute Gasteiger partial charge is 0.190 e. The van der Waals surface area contributed by atoms with Crippen molar-refractivity contribution in [3.05, 3.63) is 58.7 Å². The molecule has 0 radical (unpaired) electrons. The zero-order chi connectivity index (χ0) is 14.5. The quantitative estimate of drug-likeness (QED) is 0.711. The lowest BCUT2D eigenvalue weighted by atomic mass is 9.69. The highest BCUT2D eigenvalue weighted by Gasteiger charge is 2.39. The summed E-state index contributed by atoms with van der Waals surface area (Å²) in [4.78, 5) is 25.2. The summed E-state index contributed by atoms with van der Waals surface area (Å²) in [5, 5.41) is 0. The van der Waals surface area contributed by atoms with E-state index in [2.05, 4.69) is 20.8 Å². The minimum atomic E-state index is -0.295. The fourth-order valence-electron chi connectivity index (χ4n) is 2.97. The molecule has 0 saturated heterocycles. The molecule has 2 nitrogen and oxygen atoms in total. The normalized spacial score (nSPS) is 21.9. The molecule has 20 heavy (non-hydrogen) atoms. The van der Waals surface area contributed by atoms with Gasteiger partial charge in [0.2, 0.25) is 0 Å². The van der Waals surface area contributed by atoms with Gasteiger partial charge in [0.15, 0.2) is 11.6 Å². The lowest BCUT2D eigenvalue weighted by Crippen LogP contribution is -2.32. The molecule has 0 fully saturated rings. The SMILES string of the molecule is CC(C)(C)C1=CC=C2C(=O)c3ccccc3C(=O)C2C1. The first kappa shape index (κ1) is 13.0. The van der Waals surface area contributed by atoms with Crippen LogP contribution in [-0.2, 0) is 0 Å². The van der Waals surface area contributed by atoms with Gasteiger partial charge in [0.05, 0.1) is 5.92 Å². The van der Waals surface area contributed by atoms with E-state index in [1.54, 1.807) is 12.1 Å². The van der Waals surface area contributed by atoms with E-state index in [1.807, 2.05) is 24.3 Å². The number of Topliss-reactive ketones (excluding diaryl/α,β-unsaturated/α-hetero) is 2. The summed E-state index contributed by atoms with van der Waals surface area (Å²) >= 11 is 0. The Hall–Kier alpha value is -1.96. The van der Waals surface area contributed by atoms with Crippen LogP contribution >= 0.6 is 0 Å². The number of ketones is 2. The summed E-state index contributed by atoms with van der Waals surface area (Å²) in [6, 6.07) is 7.14. The number of allylic oxidation sites excluding steroid dienone is 4. The molecule has 0 saturated carbocycles. The van der Waals surface area contributed by atoms with E-state index in [-0.39, 0.29) is 22.9 Å². The van der Waals surface area contributed by atoms with Crippen LogP contribution in [0.5, 0.6) is 0 Å². The molecule has 1 aromatic rings. The Kier molecular flexibility index (Phi) is 2.79. The Morgan fingerprint density at radius 2 is 1.65 bits per heavy atom. The summed E-state index contributed by atoms with van der Waals surface area (Å²) in [5.41, 5.74) is 3.04. The Balaban J connectivity index is 2.11. The predicted molar refractivity (Wildman–Crippen MR) is 78.8 cm³/mol. The van der Waals surface area contributed by atoms with Gasteiger partial charge in [-0.2, -0.15) is 0 Å². The fraction of sp³-hybridized carbons (Fsp3) is 0.333. The zero-order valence-corrected chi connectivity index (χ0v) is 12.1. The highest BCUT2D eigenvalue weighted by Crippen LogP contribution is 2.41. The average Bonchev–Trinajstić information content (AvgIpc) is 2.43. The first-order chi connectivity index (χ1) is 9.39. The monoisotopic (exact) mass is 266 g/mol. The van der Waals surface area contributed by atoms with E-state index < -0.39 is 0 Å². The van der Waals surface area contributed by atoms with Gasteiger partial charge in [-0.1, -0.05) is 62.8 Å². The van der Waals surface area contributed by atoms with Crippen LogP contribution in [0.3, 0.4) is 0 Å². The minimum absolute atomic E-state index is 0.00871. The van der Waals surface area contributed by atoms with Gasteiger partial charge >= 0.3 is 0 Å². The van der Waals surface area contributed by atoms with Crippen LogP contribution in [0.15, 0.2) is 47.6 Å². The lowest BCUT2D eigenvalue weighted by molar-refractivity contribution is 0.0878. The number of hydrogen-bond acceptors (Lipinski definition) is 2. The molecule has 3 rings (SSSR count). The van der Waals surface area contributed by atoms with E-state index in [0.29, 0.717) is 23.1 Å². The molecule has 2 heteroatoms. The van der Waals surface area contributed by atoms with E-state index in [1.165, 1.54) is 5.57 Å². The average molecular weight is 266 g/mol. The van der Waals surface area contributed by atoms with Gasteiger partial charge in [-0.05, 0) is 11.8 Å². The topological polar surface area (TPSA) is 34.1 Å². The van der Waals surface area contributed by atoms with Crippen LogP contribution in [0.1, 0.15) is 47.9 Å². The predicted octanol–water partition coefficient (Wildman–Crippen LogP) is 3.98. The van der Waals surface area contributed by atoms with Gasteiger partial charge in [-0.25, -0.2) is 0 Å². The van der Waals surface area contributed by atoms with E-state index >= 15 is 0 Å². The van der Waals surface area contributed by atoms with Gasteiger partial charge in [0.1, 0.15) is 0 Å². The summed E-state index contributed by atoms with van der Waals surface area (Å²) in [6.45, 7) is 6.42. The second-order valence-electron chi connectivity index (χ2n) is 6.56. The Bertz CT molecular complexity index is 669. The summed E-state index contributed by atoms with van der Waals surface area (Å²) in [5.74, 6) is -0.202. The van der Waals surface area contributed by atoms with E-state index in [0.717, 1.165) is 0 Å². The molecule has 102 valence electrons. The second kappa shape index (κ2) is 4.27. The Morgan fingerprint density at radius 1 is 1.00 bits per heavy atom. The van der Waals surface area contributed by atoms with Crippen LogP contribution in [-0.4, -0.2) is 11.6 Å². The number of carbonyl (C=O) groups excluding carboxylic acids is 2. The van der Waals surface area contributed by atoms with Crippen LogP contribution in [0.25, 0.3) is 0 Å². The van der Waals surface area contributed by atoms with Crippen molar-refractivity contribution in [2.75, 3.05) is 0 Å². The van der Waals surface area contributed by atoms with Crippen molar-refractivity contribution < 1.29 is 9.59 Å². The summed E-state index contributed by atoms with van der Waals surface area (Å²) < 4.78 is 0. The van der Waals surface area contributed by atoms with E-state index in [4.69, 9.17) is 0 Å². The summed E-state index contributed by atoms with van der Waals surface area (Å²) in [7, 11) is 0. The molecule has 2 aliphatic carbocycles. The Labute approximate surface area is 119 Å². The van der Waals surface area contributed by atoms with Crippen molar-refractivity contribution in [3.8, 4) is 0 Å². The van der Waals surface area contributed by atoms with Crippen LogP contribution < -0.4 is 0 Å². The number of fused-ring (bicyclic) bond motifs is 2. The van der Waals surface area contributed by atoms with Gasteiger partial charge in [-0.3, -0.25) is 9.59 Å². The Morgan fingerprint density at radius 3 is 2.30 bits per heavy atom. The molecule has 2 aliphatic rings. The third-order valence-corrected chi connectivity index (χ3v) is 4.24. The third-order valence-electron chi connectivity index (χ3n) is 4.24. The molecule has 0 spiro atoms. The van der Waals surface area contributed by atoms with Crippen molar-refractivity contribution in [1.82, 2.24) is 0 Å². The number of carbonyl (C=O) groups is 2. The summed E-state index contributed by atoms with van der Waals surface area (Å²) in [6.07, 6.45) is 4.53. The van der Waals surface area contributed by atoms with Gasteiger partial charge in [0, 0.05) is 16.7 Å². The second-order valence-corrected chi connectivity index (χ2v) is 6.56. The standard InChI is InChI=1S/C18H18O2/c1-18(2,3)11-8-9-14-15(10-11)17(20)13-7-5-4-6-12(13)16(14)19/h4-9,15H,10H2,1-3H3. The molecular weight excluding hydrogens is 248 g/mol. The molecule has 1 aromatic carbocycles. The molecule has 0 heterocycles. The fourth-order valence-corrected chi connectivity index (χ4v) is 2.97. The third kappa shape index (κ3) is 1.87. The maximum absolute atomic E-state index is 12.6. The maximum atomic E-state index is 12.6. The van der Waals surface area contributed by atoms with E-state index in [9.17, 15) is 9.59 Å². The van der Waals surface area contributed by atoms with Gasteiger partial charge < -0.3 is 0 Å². The number of rotatable bonds is 0. The van der Waals surface area contributed by atoms with Crippen molar-refractivity contribution in [2.45, 2.75) is 27.2 Å². The minimum Gasteiger partial charge on any atom is -0.293 e. The first-order valence-electron chi connectivity index (χ1n) is 6.99. The molecule has 1 atom stereocenters. The van der Waals surface area contributed by atoms with Crippen LogP contribution in [0, 0.1) is 11.3 Å². The molecule has 1 unspecified atom stereocenters. The molecule has 0 aromatic heterocycles. The molecule has 0 aliphatic heterocycles. The number of hydrogen-bond donors (Lipinski definition) is 0. The highest BCUT2D eigenvalue weighted by molar-refractivity contribution is 6.23. The van der Waals surface area contributed by atoms with Crippen molar-refractivity contribution in [3.63, 3.8) is 0 Å². The lowest BCUT2D eigenvalue weighted by Gasteiger charge is -2.33. The largest absolute Gasteiger partial charge is 0.293 e. The zero-order valence-electron chi connectivity index (χ0n) is 12.1. The number of benzene rings is 1.